The monoisotopic (exact) mass is 400 g/mol. The van der Waals surface area contributed by atoms with Crippen LogP contribution >= 0.6 is 34.7 Å². The van der Waals surface area contributed by atoms with Crippen molar-refractivity contribution < 1.29 is 4.92 Å². The molecule has 1 aromatic rings. The molecule has 2 aliphatic carbocycles. The summed E-state index contributed by atoms with van der Waals surface area (Å²) in [5, 5.41) is 13.5. The highest BCUT2D eigenvalue weighted by molar-refractivity contribution is 8.04. The van der Waals surface area contributed by atoms with Crippen molar-refractivity contribution in [1.29, 1.82) is 0 Å². The molecule has 4 nitrogen and oxygen atoms in total. The van der Waals surface area contributed by atoms with E-state index in [0.717, 1.165) is 25.7 Å². The molecule has 1 heterocycles. The second kappa shape index (κ2) is 8.78. The Balaban J connectivity index is 2.05. The fraction of sp³-hybridized carbons (Fsp3) is 0.667. The molecule has 1 aromatic heterocycles. The van der Waals surface area contributed by atoms with Crippen LogP contribution in [0.3, 0.4) is 0 Å². The Labute approximate surface area is 162 Å². The fourth-order valence-electron chi connectivity index (χ4n) is 4.29. The minimum atomic E-state index is -0.248. The predicted octanol–water partition coefficient (Wildman–Crippen LogP) is 7.02. The molecule has 0 amide bonds. The van der Waals surface area contributed by atoms with Crippen LogP contribution in [0.15, 0.2) is 16.2 Å². The lowest BCUT2D eigenvalue weighted by molar-refractivity contribution is -0.386. The topological polar surface area (TPSA) is 46.4 Å². The molecule has 138 valence electrons. The van der Waals surface area contributed by atoms with Crippen molar-refractivity contribution >= 4 is 46.1 Å². The number of halogens is 1. The largest absolute Gasteiger partial charge is 0.358 e. The van der Waals surface area contributed by atoms with E-state index in [1.165, 1.54) is 61.6 Å². The third kappa shape index (κ3) is 4.17. The Hall–Kier alpha value is -0.720. The third-order valence-electron chi connectivity index (χ3n) is 5.35. The molecule has 0 unspecified atom stereocenters. The first-order chi connectivity index (χ1) is 12.1. The van der Waals surface area contributed by atoms with Gasteiger partial charge in [0.25, 0.3) is 0 Å². The maximum atomic E-state index is 11.9. The van der Waals surface area contributed by atoms with Crippen molar-refractivity contribution in [3.63, 3.8) is 0 Å². The van der Waals surface area contributed by atoms with Gasteiger partial charge in [-0.25, -0.2) is 0 Å². The number of hydrogen-bond acceptors (Lipinski definition) is 5. The van der Waals surface area contributed by atoms with Crippen molar-refractivity contribution in [2.24, 2.45) is 0 Å². The summed E-state index contributed by atoms with van der Waals surface area (Å²) in [4.78, 5) is 14.0. The Morgan fingerprint density at radius 3 is 2.08 bits per heavy atom. The highest BCUT2D eigenvalue weighted by atomic mass is 35.5. The van der Waals surface area contributed by atoms with Crippen LogP contribution in [0.25, 0.3) is 0 Å². The van der Waals surface area contributed by atoms with Crippen LogP contribution < -0.4 is 4.90 Å². The zero-order valence-electron chi connectivity index (χ0n) is 14.4. The van der Waals surface area contributed by atoms with Gasteiger partial charge in [-0.05, 0) is 31.1 Å². The molecule has 2 saturated carbocycles. The molecule has 0 aliphatic heterocycles. The van der Waals surface area contributed by atoms with E-state index in [0.29, 0.717) is 26.3 Å². The van der Waals surface area contributed by atoms with Crippen molar-refractivity contribution in [2.45, 2.75) is 80.5 Å². The minimum Gasteiger partial charge on any atom is -0.358 e. The first-order valence-corrected chi connectivity index (χ1v) is 11.2. The normalized spacial score (nSPS) is 19.7. The number of anilines is 1. The van der Waals surface area contributed by atoms with Gasteiger partial charge in [-0.3, -0.25) is 10.1 Å². The minimum absolute atomic E-state index is 0.191. The molecule has 0 saturated heterocycles. The molecular weight excluding hydrogens is 376 g/mol. The SMILES string of the molecule is C=CSc1sc(Cl)c(N(C2CCCCC2)C2CCCCC2)c1[N+](=O)[O-]. The lowest BCUT2D eigenvalue weighted by atomic mass is 9.88. The Kier molecular flexibility index (Phi) is 6.69. The van der Waals surface area contributed by atoms with E-state index in [9.17, 15) is 10.1 Å². The molecule has 0 aromatic carbocycles. The van der Waals surface area contributed by atoms with E-state index >= 15 is 0 Å². The average Bonchev–Trinajstić information content (AvgIpc) is 2.94. The van der Waals surface area contributed by atoms with Crippen LogP contribution in [0.4, 0.5) is 11.4 Å². The number of nitro groups is 1. The van der Waals surface area contributed by atoms with Gasteiger partial charge in [0.15, 0.2) is 0 Å². The molecule has 7 heteroatoms. The van der Waals surface area contributed by atoms with Gasteiger partial charge in [0, 0.05) is 12.1 Å². The van der Waals surface area contributed by atoms with Gasteiger partial charge >= 0.3 is 5.69 Å². The van der Waals surface area contributed by atoms with Crippen molar-refractivity contribution in [3.8, 4) is 0 Å². The van der Waals surface area contributed by atoms with Crippen molar-refractivity contribution in [3.05, 3.63) is 26.4 Å². The Morgan fingerprint density at radius 1 is 1.12 bits per heavy atom. The number of hydrogen-bond donors (Lipinski definition) is 0. The van der Waals surface area contributed by atoms with Gasteiger partial charge in [0.1, 0.15) is 14.2 Å². The van der Waals surface area contributed by atoms with E-state index < -0.39 is 0 Å². The van der Waals surface area contributed by atoms with E-state index in [1.54, 1.807) is 5.41 Å². The summed E-state index contributed by atoms with van der Waals surface area (Å²) in [7, 11) is 0. The smallest absolute Gasteiger partial charge is 0.318 e. The van der Waals surface area contributed by atoms with Gasteiger partial charge in [0.2, 0.25) is 0 Å². The molecule has 2 aliphatic rings. The number of thiophene rings is 1. The van der Waals surface area contributed by atoms with E-state index in [-0.39, 0.29) is 10.6 Å². The maximum Gasteiger partial charge on any atom is 0.318 e. The quantitative estimate of drug-likeness (QED) is 0.292. The van der Waals surface area contributed by atoms with Gasteiger partial charge in [-0.1, -0.05) is 68.5 Å². The maximum absolute atomic E-state index is 11.9. The Morgan fingerprint density at radius 2 is 1.64 bits per heavy atom. The molecule has 0 radical (unpaired) electrons. The first kappa shape index (κ1) is 19.1. The molecule has 0 bridgehead atoms. The van der Waals surface area contributed by atoms with Crippen LogP contribution in [0, 0.1) is 10.1 Å². The van der Waals surface area contributed by atoms with E-state index in [2.05, 4.69) is 11.5 Å². The number of thioether (sulfide) groups is 1. The van der Waals surface area contributed by atoms with Crippen molar-refractivity contribution in [2.75, 3.05) is 4.90 Å². The Bertz CT molecular complexity index is 605. The van der Waals surface area contributed by atoms with Gasteiger partial charge in [-0.2, -0.15) is 0 Å². The highest BCUT2D eigenvalue weighted by Gasteiger charge is 2.38. The molecule has 3 rings (SSSR count). The second-order valence-electron chi connectivity index (χ2n) is 6.89. The molecule has 0 N–H and O–H groups in total. The van der Waals surface area contributed by atoms with Crippen LogP contribution in [0.5, 0.6) is 0 Å². The summed E-state index contributed by atoms with van der Waals surface area (Å²) in [6, 6.07) is 0.758. The number of rotatable bonds is 6. The molecule has 0 spiro atoms. The van der Waals surface area contributed by atoms with Crippen LogP contribution in [-0.2, 0) is 0 Å². The van der Waals surface area contributed by atoms with Gasteiger partial charge in [0.05, 0.1) is 4.92 Å². The zero-order valence-corrected chi connectivity index (χ0v) is 16.8. The standard InChI is InChI=1S/C18H25ClN2O2S2/c1-2-24-18-16(21(22)23)15(17(19)25-18)20(13-9-5-3-6-10-13)14-11-7-4-8-12-14/h2,13-14H,1,3-12H2. The van der Waals surface area contributed by atoms with Gasteiger partial charge < -0.3 is 4.90 Å². The summed E-state index contributed by atoms with van der Waals surface area (Å²) in [5.74, 6) is 0. The van der Waals surface area contributed by atoms with Crippen molar-refractivity contribution in [1.82, 2.24) is 0 Å². The van der Waals surface area contributed by atoms with Crippen LogP contribution in [0.1, 0.15) is 64.2 Å². The lowest BCUT2D eigenvalue weighted by Gasteiger charge is -2.42. The summed E-state index contributed by atoms with van der Waals surface area (Å²) in [6.07, 6.45) is 11.8. The zero-order chi connectivity index (χ0) is 17.8. The molecule has 2 fully saturated rings. The predicted molar refractivity (Wildman–Crippen MR) is 108 cm³/mol. The summed E-state index contributed by atoms with van der Waals surface area (Å²) >= 11 is 9.22. The molecule has 0 atom stereocenters. The number of nitrogens with zero attached hydrogens (tertiary/aromatic N) is 2. The van der Waals surface area contributed by atoms with Crippen LogP contribution in [0.2, 0.25) is 4.34 Å². The fourth-order valence-corrected chi connectivity index (χ4v) is 6.66. The second-order valence-corrected chi connectivity index (χ2v) is 9.75. The van der Waals surface area contributed by atoms with Crippen LogP contribution in [-0.4, -0.2) is 17.0 Å². The summed E-state index contributed by atoms with van der Waals surface area (Å²) in [6.45, 7) is 3.71. The summed E-state index contributed by atoms with van der Waals surface area (Å²) in [5.41, 5.74) is 0.871. The molecular formula is C18H25ClN2O2S2. The highest BCUT2D eigenvalue weighted by Crippen LogP contribution is 2.52. The van der Waals surface area contributed by atoms with Gasteiger partial charge in [-0.15, -0.1) is 11.3 Å². The first-order valence-electron chi connectivity index (χ1n) is 9.16. The molecule has 25 heavy (non-hydrogen) atoms. The lowest BCUT2D eigenvalue weighted by Crippen LogP contribution is -2.45. The van der Waals surface area contributed by atoms with E-state index in [4.69, 9.17) is 11.6 Å². The third-order valence-corrected chi connectivity index (χ3v) is 7.63. The summed E-state index contributed by atoms with van der Waals surface area (Å²) < 4.78 is 1.21. The average molecular weight is 401 g/mol. The van der Waals surface area contributed by atoms with E-state index in [1.807, 2.05) is 0 Å².